The monoisotopic (exact) mass is 491 g/mol. The summed E-state index contributed by atoms with van der Waals surface area (Å²) < 4.78 is 28.1. The van der Waals surface area contributed by atoms with Crippen LogP contribution in [-0.4, -0.2) is 34.0 Å². The van der Waals surface area contributed by atoms with Crippen LogP contribution in [0.15, 0.2) is 83.8 Å². The van der Waals surface area contributed by atoms with E-state index in [-0.39, 0.29) is 17.3 Å². The first-order valence-corrected chi connectivity index (χ1v) is 13.5. The van der Waals surface area contributed by atoms with E-state index < -0.39 is 10.0 Å². The Morgan fingerprint density at radius 3 is 2.37 bits per heavy atom. The summed E-state index contributed by atoms with van der Waals surface area (Å²) in [5.74, 6) is 0.341. The molecule has 1 heterocycles. The van der Waals surface area contributed by atoms with Gasteiger partial charge in [0.25, 0.3) is 10.0 Å². The average molecular weight is 492 g/mol. The van der Waals surface area contributed by atoms with Gasteiger partial charge in [-0.15, -0.1) is 0 Å². The van der Waals surface area contributed by atoms with E-state index in [1.54, 1.807) is 42.5 Å². The Hall–Kier alpha value is -3.32. The van der Waals surface area contributed by atoms with Crippen molar-refractivity contribution in [1.82, 2.24) is 5.32 Å². The van der Waals surface area contributed by atoms with Gasteiger partial charge in [-0.1, -0.05) is 55.5 Å². The third kappa shape index (κ3) is 6.03. The molecule has 0 saturated carbocycles. The minimum atomic E-state index is -3.91. The third-order valence-corrected chi connectivity index (χ3v) is 8.22. The maximum absolute atomic E-state index is 13.4. The lowest BCUT2D eigenvalue weighted by Gasteiger charge is -2.32. The Kier molecular flexibility index (Phi) is 7.76. The number of nitrogens with one attached hydrogen (secondary N) is 1. The van der Waals surface area contributed by atoms with Crippen LogP contribution in [0.25, 0.3) is 0 Å². The van der Waals surface area contributed by atoms with E-state index in [4.69, 9.17) is 0 Å². The van der Waals surface area contributed by atoms with Gasteiger partial charge in [0.15, 0.2) is 0 Å². The second kappa shape index (κ2) is 11.0. The zero-order valence-corrected chi connectivity index (χ0v) is 21.2. The van der Waals surface area contributed by atoms with Crippen molar-refractivity contribution in [2.45, 2.75) is 38.1 Å². The fourth-order valence-electron chi connectivity index (χ4n) is 4.50. The predicted octanol–water partition coefficient (Wildman–Crippen LogP) is 4.74. The molecule has 1 aliphatic rings. The second-order valence-electron chi connectivity index (χ2n) is 9.25. The highest BCUT2D eigenvalue weighted by Crippen LogP contribution is 2.27. The zero-order valence-electron chi connectivity index (χ0n) is 20.4. The van der Waals surface area contributed by atoms with Crippen LogP contribution in [0.2, 0.25) is 0 Å². The molecule has 0 aliphatic carbocycles. The van der Waals surface area contributed by atoms with Crippen molar-refractivity contribution in [2.24, 2.45) is 5.92 Å². The molecule has 1 unspecified atom stereocenters. The second-order valence-corrected chi connectivity index (χ2v) is 11.1. The van der Waals surface area contributed by atoms with Gasteiger partial charge in [-0.3, -0.25) is 9.10 Å². The van der Waals surface area contributed by atoms with Crippen LogP contribution in [0.1, 0.15) is 30.9 Å². The van der Waals surface area contributed by atoms with Gasteiger partial charge >= 0.3 is 0 Å². The standard InChI is InChI=1S/C28H33N3O3S/c1-22-9-8-18-30(20-22)25-16-14-24(15-17-25)19-29-28(32)21-31(27-13-7-6-10-23(27)2)35(33,34)26-11-4-3-5-12-26/h3-7,10-17,22H,8-9,18-21H2,1-2H3,(H,29,32). The van der Waals surface area contributed by atoms with Gasteiger partial charge in [0.1, 0.15) is 6.54 Å². The lowest BCUT2D eigenvalue weighted by molar-refractivity contribution is -0.119. The first kappa shape index (κ1) is 24.8. The van der Waals surface area contributed by atoms with E-state index in [0.717, 1.165) is 24.2 Å². The molecule has 3 aromatic rings. The summed E-state index contributed by atoms with van der Waals surface area (Å²) >= 11 is 0. The molecule has 1 atom stereocenters. The van der Waals surface area contributed by atoms with E-state index in [0.29, 0.717) is 18.2 Å². The number of carbonyl (C=O) groups excluding carboxylic acids is 1. The summed E-state index contributed by atoms with van der Waals surface area (Å²) in [4.78, 5) is 15.5. The summed E-state index contributed by atoms with van der Waals surface area (Å²) in [6.45, 7) is 6.31. The summed E-state index contributed by atoms with van der Waals surface area (Å²) in [6, 6.07) is 23.6. The van der Waals surface area contributed by atoms with E-state index in [2.05, 4.69) is 29.3 Å². The summed E-state index contributed by atoms with van der Waals surface area (Å²) in [5.41, 5.74) is 3.45. The van der Waals surface area contributed by atoms with E-state index in [1.165, 1.54) is 22.8 Å². The molecular formula is C28H33N3O3S. The van der Waals surface area contributed by atoms with Gasteiger partial charge in [-0.25, -0.2) is 8.42 Å². The lowest BCUT2D eigenvalue weighted by Crippen LogP contribution is -2.41. The average Bonchev–Trinajstić information content (AvgIpc) is 2.87. The molecule has 0 radical (unpaired) electrons. The zero-order chi connectivity index (χ0) is 24.8. The molecule has 4 rings (SSSR count). The summed E-state index contributed by atoms with van der Waals surface area (Å²) in [6.07, 6.45) is 2.49. The minimum Gasteiger partial charge on any atom is -0.371 e. The van der Waals surface area contributed by atoms with Gasteiger partial charge in [0.05, 0.1) is 10.6 Å². The first-order valence-electron chi connectivity index (χ1n) is 12.1. The molecule has 7 heteroatoms. The lowest BCUT2D eigenvalue weighted by atomic mass is 9.99. The van der Waals surface area contributed by atoms with Crippen LogP contribution in [0, 0.1) is 12.8 Å². The van der Waals surface area contributed by atoms with Crippen molar-refractivity contribution in [3.63, 3.8) is 0 Å². The quantitative estimate of drug-likeness (QED) is 0.494. The molecule has 0 spiro atoms. The third-order valence-electron chi connectivity index (χ3n) is 6.45. The van der Waals surface area contributed by atoms with Gasteiger partial charge in [-0.05, 0) is 67.1 Å². The Labute approximate surface area is 208 Å². The van der Waals surface area contributed by atoms with Gasteiger partial charge in [-0.2, -0.15) is 0 Å². The molecule has 1 N–H and O–H groups in total. The van der Waals surface area contributed by atoms with Crippen LogP contribution in [-0.2, 0) is 21.4 Å². The fraction of sp³-hybridized carbons (Fsp3) is 0.321. The van der Waals surface area contributed by atoms with Crippen LogP contribution >= 0.6 is 0 Å². The van der Waals surface area contributed by atoms with Crippen molar-refractivity contribution in [3.05, 3.63) is 90.0 Å². The Bertz CT molecular complexity index is 1240. The first-order chi connectivity index (χ1) is 16.8. The smallest absolute Gasteiger partial charge is 0.264 e. The van der Waals surface area contributed by atoms with Gasteiger partial charge in [0.2, 0.25) is 5.91 Å². The van der Waals surface area contributed by atoms with Crippen molar-refractivity contribution >= 4 is 27.3 Å². The number of piperidine rings is 1. The highest BCUT2D eigenvalue weighted by Gasteiger charge is 2.28. The number of aryl methyl sites for hydroxylation is 1. The van der Waals surface area contributed by atoms with Crippen molar-refractivity contribution in [3.8, 4) is 0 Å². The molecule has 35 heavy (non-hydrogen) atoms. The molecule has 184 valence electrons. The molecule has 3 aromatic carbocycles. The number of hydrogen-bond acceptors (Lipinski definition) is 4. The largest absolute Gasteiger partial charge is 0.371 e. The number of amides is 1. The Morgan fingerprint density at radius 1 is 1.00 bits per heavy atom. The molecular weight excluding hydrogens is 458 g/mol. The van der Waals surface area contributed by atoms with Crippen LogP contribution < -0.4 is 14.5 Å². The maximum atomic E-state index is 13.4. The topological polar surface area (TPSA) is 69.7 Å². The van der Waals surface area contributed by atoms with Gasteiger partial charge < -0.3 is 10.2 Å². The highest BCUT2D eigenvalue weighted by atomic mass is 32.2. The number of para-hydroxylation sites is 1. The Morgan fingerprint density at radius 2 is 1.69 bits per heavy atom. The molecule has 0 aromatic heterocycles. The molecule has 1 saturated heterocycles. The Balaban J connectivity index is 1.45. The number of carbonyl (C=O) groups is 1. The maximum Gasteiger partial charge on any atom is 0.264 e. The van der Waals surface area contributed by atoms with E-state index in [9.17, 15) is 13.2 Å². The highest BCUT2D eigenvalue weighted by molar-refractivity contribution is 7.92. The van der Waals surface area contributed by atoms with Crippen LogP contribution in [0.5, 0.6) is 0 Å². The van der Waals surface area contributed by atoms with Crippen molar-refractivity contribution in [2.75, 3.05) is 28.8 Å². The molecule has 1 aliphatic heterocycles. The van der Waals surface area contributed by atoms with Crippen LogP contribution in [0.3, 0.4) is 0 Å². The molecule has 1 fully saturated rings. The van der Waals surface area contributed by atoms with Crippen molar-refractivity contribution in [1.29, 1.82) is 0 Å². The van der Waals surface area contributed by atoms with Gasteiger partial charge in [0, 0.05) is 25.3 Å². The van der Waals surface area contributed by atoms with E-state index in [1.807, 2.05) is 31.2 Å². The normalized spacial score (nSPS) is 16.1. The fourth-order valence-corrected chi connectivity index (χ4v) is 6.00. The SMILES string of the molecule is Cc1ccccc1N(CC(=O)NCc1ccc(N2CCCC(C)C2)cc1)S(=O)(=O)c1ccccc1. The number of anilines is 2. The minimum absolute atomic E-state index is 0.152. The predicted molar refractivity (Wildman–Crippen MR) is 141 cm³/mol. The van der Waals surface area contributed by atoms with Crippen molar-refractivity contribution < 1.29 is 13.2 Å². The molecule has 0 bridgehead atoms. The molecule has 6 nitrogen and oxygen atoms in total. The number of rotatable bonds is 8. The number of hydrogen-bond donors (Lipinski definition) is 1. The van der Waals surface area contributed by atoms with E-state index >= 15 is 0 Å². The number of sulfonamides is 1. The van der Waals surface area contributed by atoms with Crippen LogP contribution in [0.4, 0.5) is 11.4 Å². The summed E-state index contributed by atoms with van der Waals surface area (Å²) in [7, 11) is -3.91. The number of nitrogens with zero attached hydrogens (tertiary/aromatic N) is 2. The molecule has 1 amide bonds. The summed E-state index contributed by atoms with van der Waals surface area (Å²) in [5, 5.41) is 2.89. The number of benzene rings is 3.